The molecule has 0 atom stereocenters. The summed E-state index contributed by atoms with van der Waals surface area (Å²) in [6.07, 6.45) is 0. The van der Waals surface area contributed by atoms with E-state index in [9.17, 15) is 12.8 Å². The number of nitrogens with two attached hydrogens (primary N) is 1. The maximum atomic E-state index is 13.5. The highest BCUT2D eigenvalue weighted by Crippen LogP contribution is 2.36. The van der Waals surface area contributed by atoms with Crippen molar-refractivity contribution in [2.75, 3.05) is 0 Å². The molecule has 1 aromatic carbocycles. The molecule has 0 aromatic heterocycles. The topological polar surface area (TPSA) is 78.6 Å². The van der Waals surface area contributed by atoms with E-state index in [2.05, 4.69) is 0 Å². The molecule has 1 heterocycles. The highest BCUT2D eigenvalue weighted by atomic mass is 32.2. The Labute approximate surface area is 118 Å². The molecule has 0 aliphatic carbocycles. The van der Waals surface area contributed by atoms with Gasteiger partial charge in [0, 0.05) is 0 Å². The monoisotopic (exact) mass is 301 g/mol. The molecule has 20 heavy (non-hydrogen) atoms. The van der Waals surface area contributed by atoms with Crippen LogP contribution in [0.4, 0.5) is 4.39 Å². The minimum Gasteiger partial charge on any atom is -0.399 e. The number of hydrogen-bond donors (Lipinski definition) is 1. The van der Waals surface area contributed by atoms with Gasteiger partial charge in [0.05, 0.1) is 11.2 Å². The first kappa shape index (κ1) is 15.4. The van der Waals surface area contributed by atoms with E-state index >= 15 is 0 Å². The van der Waals surface area contributed by atoms with Crippen LogP contribution in [0.1, 0.15) is 27.7 Å². The maximum absolute atomic E-state index is 13.5. The van der Waals surface area contributed by atoms with Crippen molar-refractivity contribution in [3.63, 3.8) is 0 Å². The van der Waals surface area contributed by atoms with E-state index in [-0.39, 0.29) is 0 Å². The van der Waals surface area contributed by atoms with E-state index in [0.717, 1.165) is 12.1 Å². The second-order valence-corrected chi connectivity index (χ2v) is 7.35. The lowest BCUT2D eigenvalue weighted by Gasteiger charge is -2.32. The molecule has 8 heteroatoms. The van der Waals surface area contributed by atoms with Gasteiger partial charge in [0.25, 0.3) is 0 Å². The molecule has 1 aliphatic rings. The Morgan fingerprint density at radius 1 is 1.15 bits per heavy atom. The minimum atomic E-state index is -4.13. The molecule has 1 saturated heterocycles. The molecule has 0 amide bonds. The number of hydrogen-bond acceptors (Lipinski definition) is 4. The Hall–Kier alpha value is -0.955. The summed E-state index contributed by atoms with van der Waals surface area (Å²) in [7, 11) is -4.89. The fourth-order valence-electron chi connectivity index (χ4n) is 1.86. The van der Waals surface area contributed by atoms with Gasteiger partial charge in [-0.3, -0.25) is 0 Å². The van der Waals surface area contributed by atoms with Crippen LogP contribution >= 0.6 is 0 Å². The van der Waals surface area contributed by atoms with Gasteiger partial charge in [0.15, 0.2) is 0 Å². The first-order valence-electron chi connectivity index (χ1n) is 6.12. The maximum Gasteiger partial charge on any atom is 0.494 e. The van der Waals surface area contributed by atoms with E-state index in [1.54, 1.807) is 0 Å². The molecule has 0 bridgehead atoms. The molecule has 2 rings (SSSR count). The van der Waals surface area contributed by atoms with Gasteiger partial charge < -0.3 is 9.31 Å². The number of sulfonamides is 1. The van der Waals surface area contributed by atoms with Crippen LogP contribution in [0.5, 0.6) is 0 Å². The summed E-state index contributed by atoms with van der Waals surface area (Å²) in [5.74, 6) is -0.896. The van der Waals surface area contributed by atoms with Gasteiger partial charge in [-0.05, 0) is 45.3 Å². The largest absolute Gasteiger partial charge is 0.494 e. The van der Waals surface area contributed by atoms with E-state index in [1.807, 2.05) is 27.7 Å². The van der Waals surface area contributed by atoms with Gasteiger partial charge in [-0.15, -0.1) is 0 Å². The second kappa shape index (κ2) is 4.52. The van der Waals surface area contributed by atoms with Crippen LogP contribution < -0.4 is 10.6 Å². The molecular weight excluding hydrogens is 284 g/mol. The van der Waals surface area contributed by atoms with Crippen LogP contribution in [0.15, 0.2) is 23.1 Å². The smallest absolute Gasteiger partial charge is 0.399 e. The van der Waals surface area contributed by atoms with E-state index in [4.69, 9.17) is 14.4 Å². The van der Waals surface area contributed by atoms with Crippen molar-refractivity contribution in [2.45, 2.75) is 43.8 Å². The van der Waals surface area contributed by atoms with Crippen molar-refractivity contribution in [2.24, 2.45) is 5.14 Å². The van der Waals surface area contributed by atoms with Gasteiger partial charge in [-0.2, -0.15) is 0 Å². The zero-order valence-corrected chi connectivity index (χ0v) is 12.6. The molecule has 0 unspecified atom stereocenters. The molecule has 1 aromatic rings. The van der Waals surface area contributed by atoms with Crippen LogP contribution in [0, 0.1) is 5.82 Å². The summed E-state index contributed by atoms with van der Waals surface area (Å²) >= 11 is 0. The third-order valence-corrected chi connectivity index (χ3v) is 4.71. The number of primary sulfonamides is 1. The molecule has 110 valence electrons. The highest BCUT2D eigenvalue weighted by molar-refractivity contribution is 7.89. The van der Waals surface area contributed by atoms with Crippen molar-refractivity contribution in [3.05, 3.63) is 24.0 Å². The molecule has 1 fully saturated rings. The molecule has 5 nitrogen and oxygen atoms in total. The molecule has 0 radical (unpaired) electrons. The average molecular weight is 301 g/mol. The Bertz CT molecular complexity index is 629. The van der Waals surface area contributed by atoms with Gasteiger partial charge in [0.2, 0.25) is 10.0 Å². The lowest BCUT2D eigenvalue weighted by atomic mass is 9.79. The number of rotatable bonds is 2. The van der Waals surface area contributed by atoms with Crippen molar-refractivity contribution >= 4 is 22.6 Å². The third kappa shape index (κ3) is 2.60. The lowest BCUT2D eigenvalue weighted by Crippen LogP contribution is -2.41. The van der Waals surface area contributed by atoms with Gasteiger partial charge >= 0.3 is 7.12 Å². The van der Waals surface area contributed by atoms with Crippen LogP contribution in [0.25, 0.3) is 0 Å². The summed E-state index contributed by atoms with van der Waals surface area (Å²) in [4.78, 5) is -0.565. The highest BCUT2D eigenvalue weighted by Gasteiger charge is 2.51. The first-order chi connectivity index (χ1) is 8.94. The van der Waals surface area contributed by atoms with E-state index in [1.165, 1.54) is 6.07 Å². The van der Waals surface area contributed by atoms with Crippen molar-refractivity contribution in [1.82, 2.24) is 0 Å². The van der Waals surface area contributed by atoms with Gasteiger partial charge in [-0.1, -0.05) is 6.07 Å². The van der Waals surface area contributed by atoms with Crippen LogP contribution in [0.3, 0.4) is 0 Å². The second-order valence-electron chi connectivity index (χ2n) is 5.82. The van der Waals surface area contributed by atoms with Crippen molar-refractivity contribution in [3.8, 4) is 0 Å². The predicted molar refractivity (Wildman–Crippen MR) is 73.5 cm³/mol. The predicted octanol–water partition coefficient (Wildman–Crippen LogP) is 0.772. The molecule has 0 saturated carbocycles. The number of benzene rings is 1. The Morgan fingerprint density at radius 3 is 2.10 bits per heavy atom. The summed E-state index contributed by atoms with van der Waals surface area (Å²) in [6, 6.07) is 3.61. The fraction of sp³-hybridized carbons (Fsp3) is 0.500. The summed E-state index contributed by atoms with van der Waals surface area (Å²) in [5.41, 5.74) is -0.712. The lowest BCUT2D eigenvalue weighted by molar-refractivity contribution is 0.00578. The SMILES string of the molecule is CC1(C)OB(c2ccc(F)c(S(N)(=O)=O)c2)OC1(C)C. The zero-order chi connectivity index (χ0) is 15.3. The van der Waals surface area contributed by atoms with Crippen LogP contribution in [-0.2, 0) is 19.3 Å². The zero-order valence-electron chi connectivity index (χ0n) is 11.8. The number of halogens is 1. The standard InChI is InChI=1S/C12H17BFNO4S/c1-11(2)12(3,4)19-13(18-11)8-5-6-9(14)10(7-8)20(15,16)17/h5-7H,1-4H3,(H2,15,16,17). The minimum absolute atomic E-state index is 0.411. The molecular formula is C12H17BFNO4S. The molecule has 0 spiro atoms. The Balaban J connectivity index is 2.42. The summed E-state index contributed by atoms with van der Waals surface area (Å²) < 4.78 is 47.7. The van der Waals surface area contributed by atoms with Gasteiger partial charge in [0.1, 0.15) is 10.7 Å². The fourth-order valence-corrected chi connectivity index (χ4v) is 2.50. The average Bonchev–Trinajstić information content (AvgIpc) is 2.47. The van der Waals surface area contributed by atoms with Crippen LogP contribution in [0.2, 0.25) is 0 Å². The Kier molecular flexibility index (Phi) is 3.49. The molecule has 2 N–H and O–H groups in total. The summed E-state index contributed by atoms with van der Waals surface area (Å²) in [5, 5.41) is 4.98. The van der Waals surface area contributed by atoms with E-state index in [0.29, 0.717) is 5.46 Å². The molecule has 1 aliphatic heterocycles. The first-order valence-corrected chi connectivity index (χ1v) is 7.66. The van der Waals surface area contributed by atoms with E-state index < -0.39 is 39.1 Å². The van der Waals surface area contributed by atoms with Gasteiger partial charge in [-0.25, -0.2) is 17.9 Å². The normalized spacial score (nSPS) is 21.2. The van der Waals surface area contributed by atoms with Crippen LogP contribution in [-0.4, -0.2) is 26.7 Å². The summed E-state index contributed by atoms with van der Waals surface area (Å²) in [6.45, 7) is 7.49. The third-order valence-electron chi connectivity index (χ3n) is 3.79. The quantitative estimate of drug-likeness (QED) is 0.819. The van der Waals surface area contributed by atoms with Crippen molar-refractivity contribution in [1.29, 1.82) is 0 Å². The van der Waals surface area contributed by atoms with Crippen molar-refractivity contribution < 1.29 is 22.1 Å². The Morgan fingerprint density at radius 2 is 1.65 bits per heavy atom.